The molecule has 0 aliphatic carbocycles. The minimum absolute atomic E-state index is 1.06. The summed E-state index contributed by atoms with van der Waals surface area (Å²) in [4.78, 5) is 6.50. The third kappa shape index (κ3) is 4.44. The van der Waals surface area contributed by atoms with E-state index < -0.39 is 0 Å². The molecule has 1 fully saturated rings. The monoisotopic (exact) mass is 210 g/mol. The van der Waals surface area contributed by atoms with E-state index in [9.17, 15) is 0 Å². The van der Waals surface area contributed by atoms with E-state index in [0.717, 1.165) is 26.2 Å². The largest absolute Gasteiger partial charge is 0.336 e. The summed E-state index contributed by atoms with van der Waals surface area (Å²) in [6, 6.07) is 0. The molecule has 0 unspecified atom stereocenters. The molecule has 86 valence electrons. The van der Waals surface area contributed by atoms with Gasteiger partial charge in [0.15, 0.2) is 0 Å². The van der Waals surface area contributed by atoms with Crippen LogP contribution < -0.4 is 5.32 Å². The van der Waals surface area contributed by atoms with Gasteiger partial charge in [0.2, 0.25) is 0 Å². The van der Waals surface area contributed by atoms with Gasteiger partial charge in [-0.15, -0.1) is 0 Å². The summed E-state index contributed by atoms with van der Waals surface area (Å²) in [5, 5.41) is 3.35. The van der Waals surface area contributed by atoms with E-state index in [2.05, 4.69) is 19.8 Å². The average molecular weight is 210 g/mol. The van der Waals surface area contributed by atoms with Gasteiger partial charge in [-0.1, -0.05) is 13.8 Å². The van der Waals surface area contributed by atoms with Crippen molar-refractivity contribution < 1.29 is 0 Å². The fourth-order valence-corrected chi connectivity index (χ4v) is 1.61. The van der Waals surface area contributed by atoms with Crippen molar-refractivity contribution in [1.29, 1.82) is 0 Å². The molecular formula is C11H22N4. The van der Waals surface area contributed by atoms with Crippen LogP contribution in [0, 0.1) is 0 Å². The average Bonchev–Trinajstić information content (AvgIpc) is 2.83. The van der Waals surface area contributed by atoms with Crippen LogP contribution in [0.4, 0.5) is 0 Å². The highest BCUT2D eigenvalue weighted by molar-refractivity contribution is 4.75. The molecule has 1 N–H and O–H groups in total. The smallest absolute Gasteiger partial charge is 0.0946 e. The minimum atomic E-state index is 1.06. The Kier molecular flexibility index (Phi) is 6.04. The first-order valence-corrected chi connectivity index (χ1v) is 5.84. The molecule has 0 saturated carbocycles. The van der Waals surface area contributed by atoms with Gasteiger partial charge in [0, 0.05) is 51.7 Å². The van der Waals surface area contributed by atoms with Crippen LogP contribution in [0.5, 0.6) is 0 Å². The molecule has 1 aromatic rings. The Balaban J connectivity index is 0.000000531. The molecule has 2 rings (SSSR count). The van der Waals surface area contributed by atoms with Crippen molar-refractivity contribution in [3.05, 3.63) is 18.7 Å². The molecule has 0 atom stereocenters. The van der Waals surface area contributed by atoms with Crippen LogP contribution in [0.1, 0.15) is 13.8 Å². The van der Waals surface area contributed by atoms with Gasteiger partial charge in [0.25, 0.3) is 0 Å². The number of hydrogen-bond acceptors (Lipinski definition) is 3. The number of nitrogens with zero attached hydrogens (tertiary/aromatic N) is 3. The van der Waals surface area contributed by atoms with Crippen LogP contribution in [0.15, 0.2) is 18.7 Å². The number of rotatable bonds is 3. The van der Waals surface area contributed by atoms with Gasteiger partial charge < -0.3 is 9.88 Å². The van der Waals surface area contributed by atoms with Crippen LogP contribution in [0.3, 0.4) is 0 Å². The lowest BCUT2D eigenvalue weighted by molar-refractivity contribution is 0.232. The van der Waals surface area contributed by atoms with Crippen molar-refractivity contribution in [2.45, 2.75) is 20.4 Å². The van der Waals surface area contributed by atoms with Crippen molar-refractivity contribution >= 4 is 0 Å². The van der Waals surface area contributed by atoms with Gasteiger partial charge in [-0.25, -0.2) is 4.98 Å². The molecule has 15 heavy (non-hydrogen) atoms. The summed E-state index contributed by atoms with van der Waals surface area (Å²) < 4.78 is 2.13. The van der Waals surface area contributed by atoms with Crippen LogP contribution >= 0.6 is 0 Å². The fraction of sp³-hybridized carbons (Fsp3) is 0.727. The Hall–Kier alpha value is -0.870. The molecule has 0 bridgehead atoms. The quantitative estimate of drug-likeness (QED) is 0.801. The standard InChI is InChI=1S/C9H16N4.C2H6/c1-4-12(5-2-10-1)7-8-13-6-3-11-9-13;1-2/h3,6,9-10H,1-2,4-5,7-8H2;1-2H3. The normalized spacial score (nSPS) is 16.9. The highest BCUT2D eigenvalue weighted by atomic mass is 15.2. The lowest BCUT2D eigenvalue weighted by Gasteiger charge is -2.27. The Morgan fingerprint density at radius 2 is 1.93 bits per heavy atom. The molecule has 4 heteroatoms. The SMILES string of the molecule is CC.c1cn(CCN2CCNCC2)cn1. The number of aromatic nitrogens is 2. The molecule has 4 nitrogen and oxygen atoms in total. The van der Waals surface area contributed by atoms with Crippen LogP contribution in [-0.4, -0.2) is 47.2 Å². The molecule has 1 aliphatic rings. The summed E-state index contributed by atoms with van der Waals surface area (Å²) in [7, 11) is 0. The first kappa shape index (κ1) is 12.2. The number of hydrogen-bond donors (Lipinski definition) is 1. The molecule has 1 aromatic heterocycles. The minimum Gasteiger partial charge on any atom is -0.336 e. The zero-order chi connectivity index (χ0) is 10.9. The van der Waals surface area contributed by atoms with Crippen LogP contribution in [0.2, 0.25) is 0 Å². The first-order valence-electron chi connectivity index (χ1n) is 5.84. The predicted molar refractivity (Wildman–Crippen MR) is 62.9 cm³/mol. The van der Waals surface area contributed by atoms with E-state index in [4.69, 9.17) is 0 Å². The summed E-state index contributed by atoms with van der Waals surface area (Å²) in [6.45, 7) is 10.8. The second-order valence-corrected chi connectivity index (χ2v) is 3.39. The van der Waals surface area contributed by atoms with Gasteiger partial charge >= 0.3 is 0 Å². The third-order valence-corrected chi connectivity index (χ3v) is 2.44. The molecule has 0 amide bonds. The van der Waals surface area contributed by atoms with Gasteiger partial charge in [0.05, 0.1) is 6.33 Å². The Labute approximate surface area is 92.3 Å². The Bertz CT molecular complexity index is 227. The highest BCUT2D eigenvalue weighted by Crippen LogP contribution is 1.94. The van der Waals surface area contributed by atoms with E-state index in [1.54, 1.807) is 0 Å². The maximum Gasteiger partial charge on any atom is 0.0946 e. The second-order valence-electron chi connectivity index (χ2n) is 3.39. The van der Waals surface area contributed by atoms with Crippen molar-refractivity contribution in [1.82, 2.24) is 19.8 Å². The fourth-order valence-electron chi connectivity index (χ4n) is 1.61. The lowest BCUT2D eigenvalue weighted by atomic mass is 10.3. The summed E-state index contributed by atoms with van der Waals surface area (Å²) in [5.74, 6) is 0. The van der Waals surface area contributed by atoms with Crippen LogP contribution in [0.25, 0.3) is 0 Å². The molecular weight excluding hydrogens is 188 g/mol. The zero-order valence-corrected chi connectivity index (χ0v) is 9.82. The van der Waals surface area contributed by atoms with E-state index in [0.29, 0.717) is 0 Å². The second kappa shape index (κ2) is 7.43. The van der Waals surface area contributed by atoms with Crippen molar-refractivity contribution in [2.75, 3.05) is 32.7 Å². The molecule has 0 spiro atoms. The van der Waals surface area contributed by atoms with E-state index in [1.165, 1.54) is 13.1 Å². The zero-order valence-electron chi connectivity index (χ0n) is 9.82. The molecule has 1 saturated heterocycles. The molecule has 1 aliphatic heterocycles. The number of imidazole rings is 1. The number of piperazine rings is 1. The van der Waals surface area contributed by atoms with E-state index in [-0.39, 0.29) is 0 Å². The van der Waals surface area contributed by atoms with Crippen LogP contribution in [-0.2, 0) is 6.54 Å². The summed E-state index contributed by atoms with van der Waals surface area (Å²) >= 11 is 0. The van der Waals surface area contributed by atoms with E-state index >= 15 is 0 Å². The van der Waals surface area contributed by atoms with Crippen molar-refractivity contribution in [3.63, 3.8) is 0 Å². The van der Waals surface area contributed by atoms with Gasteiger partial charge in [-0.2, -0.15) is 0 Å². The predicted octanol–water partition coefficient (Wildman–Crippen LogP) is 0.814. The number of nitrogens with one attached hydrogen (secondary N) is 1. The maximum atomic E-state index is 4.02. The van der Waals surface area contributed by atoms with E-state index in [1.807, 2.05) is 32.6 Å². The molecule has 0 radical (unpaired) electrons. The summed E-state index contributed by atoms with van der Waals surface area (Å²) in [6.07, 6.45) is 5.72. The third-order valence-electron chi connectivity index (χ3n) is 2.44. The molecule has 2 heterocycles. The first-order chi connectivity index (χ1) is 7.45. The Morgan fingerprint density at radius 3 is 2.53 bits per heavy atom. The highest BCUT2D eigenvalue weighted by Gasteiger charge is 2.08. The van der Waals surface area contributed by atoms with Gasteiger partial charge in [-0.3, -0.25) is 4.90 Å². The maximum absolute atomic E-state index is 4.02. The topological polar surface area (TPSA) is 33.1 Å². The Morgan fingerprint density at radius 1 is 1.20 bits per heavy atom. The lowest BCUT2D eigenvalue weighted by Crippen LogP contribution is -2.44. The van der Waals surface area contributed by atoms with Crippen molar-refractivity contribution in [3.8, 4) is 0 Å². The van der Waals surface area contributed by atoms with Crippen molar-refractivity contribution in [2.24, 2.45) is 0 Å². The summed E-state index contributed by atoms with van der Waals surface area (Å²) in [5.41, 5.74) is 0. The van der Waals surface area contributed by atoms with Gasteiger partial charge in [0.1, 0.15) is 0 Å². The molecule has 0 aromatic carbocycles. The van der Waals surface area contributed by atoms with Gasteiger partial charge in [-0.05, 0) is 0 Å².